The van der Waals surface area contributed by atoms with Gasteiger partial charge in [0.25, 0.3) is 17.3 Å². The number of carbonyl (C=O) groups is 5. The highest BCUT2D eigenvalue weighted by Crippen LogP contribution is 2.69. The molecule has 84 heavy (non-hydrogen) atoms. The average molecular weight is 1180 g/mol. The maximum absolute atomic E-state index is 17.2. The normalized spacial score (nSPS) is 24.6. The van der Waals surface area contributed by atoms with Crippen LogP contribution in [0.5, 0.6) is 0 Å². The number of fused-ring (bicyclic) bond motifs is 4. The third-order valence-electron chi connectivity index (χ3n) is 19.4. The molecule has 5 heterocycles. The summed E-state index contributed by atoms with van der Waals surface area (Å²) in [7, 11) is 1.65. The Morgan fingerprint density at radius 2 is 1.40 bits per heavy atom. The number of aromatic nitrogens is 2. The summed E-state index contributed by atoms with van der Waals surface area (Å²) in [6.45, 7) is 0.833. The number of imidazole rings is 1. The van der Waals surface area contributed by atoms with Crippen LogP contribution in [0.1, 0.15) is 129 Å². The molecular weight excluding hydrogens is 1120 g/mol. The van der Waals surface area contributed by atoms with Crippen molar-refractivity contribution >= 4 is 80.8 Å². The molecular formula is C62H62Cl2FN9O10. The Hall–Kier alpha value is -7.81. The van der Waals surface area contributed by atoms with E-state index < -0.39 is 80.0 Å². The Labute approximate surface area is 492 Å². The van der Waals surface area contributed by atoms with E-state index in [1.54, 1.807) is 48.3 Å². The third kappa shape index (κ3) is 9.17. The number of primary amides is 1. The molecule has 5 aromatic carbocycles. The average Bonchev–Trinajstić information content (AvgIpc) is 1.49. The van der Waals surface area contributed by atoms with E-state index >= 15 is 14.0 Å². The first kappa shape index (κ1) is 56.7. The molecule has 4 aliphatic heterocycles. The predicted octanol–water partition coefficient (Wildman–Crippen LogP) is 9.90. The zero-order valence-corrected chi connectivity index (χ0v) is 47.7. The van der Waals surface area contributed by atoms with Crippen molar-refractivity contribution in [1.82, 2.24) is 23.8 Å². The second kappa shape index (κ2) is 22.0. The molecule has 2 spiro atoms. The number of nitrogens with zero attached hydrogens (tertiary/aromatic N) is 8. The van der Waals surface area contributed by atoms with Crippen LogP contribution in [-0.2, 0) is 49.5 Å². The standard InChI is InChI=1S/C62H62Cl2FN9O10/c1-67-51-32-39(15-22-48(51)71(60(67)80)49-23-24-52(75)70(58(49)78)35-37-13-19-43(20-14-37)74(83)84)38-25-29-68(30-26-38)57(77)40-7-5-8-44(31-40)72-55(56(66)76)53(45-9-6-10-47(64)54(45)65)62(61(72)27-3-2-4-28-61)46-21-16-41(63)33-50(46)69(59(62)79)34-36-11-17-42(18-12-36)73(81)82/h6,9-22,32-33,38,40,44,49,53,55H,2-5,7-8,23-31,34-35H2,1H3,(H2,66,76)/t40-,44?,49?,53-,55+,62+/m0/s1. The number of hydrogen-bond donors (Lipinski definition) is 1. The van der Waals surface area contributed by atoms with Crippen molar-refractivity contribution in [3.8, 4) is 0 Å². The minimum atomic E-state index is -1.62. The zero-order valence-electron chi connectivity index (χ0n) is 46.2. The number of nitro groups is 2. The lowest BCUT2D eigenvalue weighted by molar-refractivity contribution is -0.385. The van der Waals surface area contributed by atoms with Gasteiger partial charge in [0.05, 0.1) is 45.0 Å². The molecule has 6 aromatic rings. The summed E-state index contributed by atoms with van der Waals surface area (Å²) in [5.74, 6) is -4.37. The summed E-state index contributed by atoms with van der Waals surface area (Å²) in [6, 6.07) is 24.6. The molecule has 436 valence electrons. The van der Waals surface area contributed by atoms with Crippen LogP contribution in [0.25, 0.3) is 11.0 Å². The Morgan fingerprint density at radius 1 is 0.750 bits per heavy atom. The first-order chi connectivity index (χ1) is 40.3. The van der Waals surface area contributed by atoms with Crippen molar-refractivity contribution in [2.75, 3.05) is 18.0 Å². The maximum Gasteiger partial charge on any atom is 0.329 e. The Kier molecular flexibility index (Phi) is 14.8. The second-order valence-electron chi connectivity index (χ2n) is 23.6. The van der Waals surface area contributed by atoms with Gasteiger partial charge in [-0.1, -0.05) is 97.4 Å². The molecule has 22 heteroatoms. The fraction of sp³-hybridized carbons (Fsp3) is 0.419. The summed E-state index contributed by atoms with van der Waals surface area (Å²) >= 11 is 13.4. The summed E-state index contributed by atoms with van der Waals surface area (Å²) in [5, 5.41) is 23.1. The molecule has 19 nitrogen and oxygen atoms in total. The van der Waals surface area contributed by atoms with Crippen molar-refractivity contribution in [1.29, 1.82) is 0 Å². The summed E-state index contributed by atoms with van der Waals surface area (Å²) in [4.78, 5) is 116. The van der Waals surface area contributed by atoms with Crippen LogP contribution in [0, 0.1) is 32.0 Å². The van der Waals surface area contributed by atoms with Crippen molar-refractivity contribution in [2.45, 2.75) is 137 Å². The van der Waals surface area contributed by atoms with Gasteiger partial charge in [0.15, 0.2) is 0 Å². The van der Waals surface area contributed by atoms with Gasteiger partial charge in [-0.2, -0.15) is 0 Å². The van der Waals surface area contributed by atoms with Gasteiger partial charge in [0, 0.05) is 85.0 Å². The fourth-order valence-corrected chi connectivity index (χ4v) is 16.0. The van der Waals surface area contributed by atoms with Gasteiger partial charge < -0.3 is 15.5 Å². The highest BCUT2D eigenvalue weighted by Gasteiger charge is 2.77. The number of piperidine rings is 2. The molecule has 12 rings (SSSR count). The molecule has 5 amide bonds. The number of benzene rings is 5. The molecule has 2 aliphatic carbocycles. The van der Waals surface area contributed by atoms with Gasteiger partial charge in [0.1, 0.15) is 17.3 Å². The van der Waals surface area contributed by atoms with E-state index in [1.165, 1.54) is 51.6 Å². The third-order valence-corrected chi connectivity index (χ3v) is 19.9. The number of carbonyl (C=O) groups excluding carboxylic acids is 5. The summed E-state index contributed by atoms with van der Waals surface area (Å²) in [6.07, 6.45) is 6.82. The molecule has 1 aromatic heterocycles. The van der Waals surface area contributed by atoms with Gasteiger partial charge >= 0.3 is 5.69 Å². The molecule has 6 atom stereocenters. The largest absolute Gasteiger partial charge is 0.368 e. The van der Waals surface area contributed by atoms with Gasteiger partial charge in [-0.3, -0.25) is 63.1 Å². The van der Waals surface area contributed by atoms with Crippen LogP contribution in [0.4, 0.5) is 21.5 Å². The lowest BCUT2D eigenvalue weighted by Gasteiger charge is -2.54. The van der Waals surface area contributed by atoms with E-state index in [1.807, 2.05) is 29.2 Å². The molecule has 6 aliphatic rings. The molecule has 5 fully saturated rings. The van der Waals surface area contributed by atoms with Crippen LogP contribution in [0.2, 0.25) is 10.0 Å². The number of nitrogens with two attached hydrogens (primary N) is 1. The first-order valence-electron chi connectivity index (χ1n) is 28.8. The van der Waals surface area contributed by atoms with Crippen LogP contribution in [0.15, 0.2) is 108 Å². The van der Waals surface area contributed by atoms with E-state index in [9.17, 15) is 39.4 Å². The minimum Gasteiger partial charge on any atom is -0.368 e. The predicted molar refractivity (Wildman–Crippen MR) is 311 cm³/mol. The van der Waals surface area contributed by atoms with E-state index in [0.717, 1.165) is 16.9 Å². The number of likely N-dealkylation sites (tertiary alicyclic amines) is 3. The summed E-state index contributed by atoms with van der Waals surface area (Å²) < 4.78 is 20.1. The number of amides is 5. The Balaban J connectivity index is 0.817. The zero-order chi connectivity index (χ0) is 59.1. The minimum absolute atomic E-state index is 0.00260. The molecule has 0 radical (unpaired) electrons. The Morgan fingerprint density at radius 3 is 2.05 bits per heavy atom. The van der Waals surface area contributed by atoms with E-state index in [4.69, 9.17) is 28.9 Å². The smallest absolute Gasteiger partial charge is 0.329 e. The van der Waals surface area contributed by atoms with E-state index in [2.05, 4.69) is 4.90 Å². The first-order valence-corrected chi connectivity index (χ1v) is 29.5. The van der Waals surface area contributed by atoms with Gasteiger partial charge in [-0.25, -0.2) is 9.18 Å². The van der Waals surface area contributed by atoms with Crippen LogP contribution >= 0.6 is 23.2 Å². The molecule has 3 saturated heterocycles. The second-order valence-corrected chi connectivity index (χ2v) is 24.5. The molecule has 0 bridgehead atoms. The van der Waals surface area contributed by atoms with Gasteiger partial charge in [-0.15, -0.1) is 0 Å². The topological polar surface area (TPSA) is 238 Å². The van der Waals surface area contributed by atoms with Crippen molar-refractivity contribution in [2.24, 2.45) is 18.7 Å². The summed E-state index contributed by atoms with van der Waals surface area (Å²) in [5.41, 5.74) is 7.71. The van der Waals surface area contributed by atoms with E-state index in [0.29, 0.717) is 116 Å². The number of hydrogen-bond acceptors (Lipinski definition) is 11. The Bertz CT molecular complexity index is 3770. The number of aryl methyl sites for hydroxylation is 1. The lowest BCUT2D eigenvalue weighted by atomic mass is 9.55. The van der Waals surface area contributed by atoms with Crippen LogP contribution in [-0.4, -0.2) is 93.9 Å². The van der Waals surface area contributed by atoms with Crippen molar-refractivity contribution in [3.63, 3.8) is 0 Å². The van der Waals surface area contributed by atoms with Crippen LogP contribution in [0.3, 0.4) is 0 Å². The molecule has 2 N–H and O–H groups in total. The SMILES string of the molecule is Cn1c(=O)n(C2CCC(=O)N(Cc3ccc([N+](=O)[O-])cc3)C2=O)c2ccc(C3CCN(C(=O)[C@H]4CCCC(N5[C@@H](C(N)=O)[C@H](c6cccc(Cl)c6F)[C@]6(C(=O)N(Cc7ccc([N+](=O)[O-])cc7)c7cc(Cl)ccc76)C56CCCCC6)C4)CC3)cc21. The van der Waals surface area contributed by atoms with Crippen molar-refractivity contribution < 1.29 is 38.2 Å². The lowest BCUT2D eigenvalue weighted by Crippen LogP contribution is -2.65. The van der Waals surface area contributed by atoms with Crippen molar-refractivity contribution in [3.05, 3.63) is 178 Å². The number of non-ortho nitro benzene ring substituents is 2. The maximum atomic E-state index is 17.2. The van der Waals surface area contributed by atoms with Gasteiger partial charge in [-0.05, 0) is 115 Å². The number of nitro benzene ring substituents is 2. The number of halogens is 3. The van der Waals surface area contributed by atoms with Crippen LogP contribution < -0.4 is 16.3 Å². The fourth-order valence-electron chi connectivity index (χ4n) is 15.7. The highest BCUT2D eigenvalue weighted by atomic mass is 35.5. The molecule has 2 unspecified atom stereocenters. The van der Waals surface area contributed by atoms with Gasteiger partial charge in [0.2, 0.25) is 23.6 Å². The monoisotopic (exact) mass is 1180 g/mol. The number of rotatable bonds is 12. The van der Waals surface area contributed by atoms with E-state index in [-0.39, 0.29) is 65.6 Å². The molecule has 2 saturated carbocycles. The quantitative estimate of drug-likeness (QED) is 0.0687. The number of anilines is 1. The number of imide groups is 1. The highest BCUT2D eigenvalue weighted by molar-refractivity contribution is 6.31.